The van der Waals surface area contributed by atoms with E-state index in [1.54, 1.807) is 11.9 Å². The van der Waals surface area contributed by atoms with E-state index >= 15 is 0 Å². The Bertz CT molecular complexity index is 534. The van der Waals surface area contributed by atoms with Gasteiger partial charge in [0, 0.05) is 37.8 Å². The average molecular weight is 261 g/mol. The SMILES string of the molecule is CC(N)c1c(C(F)(F)F)cc(=O)n2c1N(C)CC2. The maximum absolute atomic E-state index is 13.0. The third-order valence-electron chi connectivity index (χ3n) is 3.10. The maximum Gasteiger partial charge on any atom is 0.417 e. The monoisotopic (exact) mass is 261 g/mol. The number of pyridine rings is 1. The lowest BCUT2D eigenvalue weighted by atomic mass is 10.0. The normalized spacial score (nSPS) is 16.9. The topological polar surface area (TPSA) is 51.3 Å². The number of likely N-dealkylation sites (N-methyl/N-ethyl adjacent to an activating group) is 1. The Hall–Kier alpha value is -1.50. The molecular formula is C11H14F3N3O. The first kappa shape index (κ1) is 12.9. The zero-order chi connectivity index (χ0) is 13.7. The minimum atomic E-state index is -4.57. The van der Waals surface area contributed by atoms with Gasteiger partial charge in [0.1, 0.15) is 5.82 Å². The molecule has 1 atom stereocenters. The summed E-state index contributed by atoms with van der Waals surface area (Å²) in [4.78, 5) is 13.3. The van der Waals surface area contributed by atoms with Crippen molar-refractivity contribution in [2.45, 2.75) is 25.7 Å². The molecule has 1 unspecified atom stereocenters. The number of hydrogen-bond acceptors (Lipinski definition) is 3. The van der Waals surface area contributed by atoms with Gasteiger partial charge in [0.15, 0.2) is 0 Å². The van der Waals surface area contributed by atoms with E-state index < -0.39 is 23.3 Å². The van der Waals surface area contributed by atoms with Crippen molar-refractivity contribution < 1.29 is 13.2 Å². The van der Waals surface area contributed by atoms with Gasteiger partial charge in [0.25, 0.3) is 5.56 Å². The molecule has 100 valence electrons. The van der Waals surface area contributed by atoms with E-state index in [0.29, 0.717) is 19.2 Å². The molecule has 1 aliphatic rings. The number of fused-ring (bicyclic) bond motifs is 1. The Balaban J connectivity index is 2.82. The summed E-state index contributed by atoms with van der Waals surface area (Å²) in [5.41, 5.74) is 4.08. The molecule has 0 spiro atoms. The van der Waals surface area contributed by atoms with Crippen LogP contribution < -0.4 is 16.2 Å². The van der Waals surface area contributed by atoms with Gasteiger partial charge in [0.2, 0.25) is 0 Å². The minimum absolute atomic E-state index is 0.0119. The van der Waals surface area contributed by atoms with Crippen LogP contribution in [-0.4, -0.2) is 18.2 Å². The summed E-state index contributed by atoms with van der Waals surface area (Å²) in [5.74, 6) is 0.282. The molecule has 0 aromatic carbocycles. The molecule has 7 heteroatoms. The van der Waals surface area contributed by atoms with Crippen LogP contribution in [0.4, 0.5) is 19.0 Å². The predicted octanol–water partition coefficient (Wildman–Crippen LogP) is 1.34. The Morgan fingerprint density at radius 1 is 1.39 bits per heavy atom. The van der Waals surface area contributed by atoms with Crippen molar-refractivity contribution >= 4 is 5.82 Å². The summed E-state index contributed by atoms with van der Waals surface area (Å²) in [6, 6.07) is -0.148. The number of anilines is 1. The lowest BCUT2D eigenvalue weighted by molar-refractivity contribution is -0.138. The van der Waals surface area contributed by atoms with E-state index in [1.807, 2.05) is 0 Å². The van der Waals surface area contributed by atoms with E-state index in [2.05, 4.69) is 0 Å². The summed E-state index contributed by atoms with van der Waals surface area (Å²) < 4.78 is 40.2. The summed E-state index contributed by atoms with van der Waals surface area (Å²) >= 11 is 0. The molecule has 18 heavy (non-hydrogen) atoms. The Morgan fingerprint density at radius 3 is 2.50 bits per heavy atom. The molecule has 0 aliphatic carbocycles. The van der Waals surface area contributed by atoms with E-state index in [9.17, 15) is 18.0 Å². The van der Waals surface area contributed by atoms with Gasteiger partial charge in [-0.25, -0.2) is 0 Å². The number of hydrogen-bond donors (Lipinski definition) is 1. The zero-order valence-corrected chi connectivity index (χ0v) is 10.1. The second-order valence-electron chi connectivity index (χ2n) is 4.49. The molecule has 2 heterocycles. The highest BCUT2D eigenvalue weighted by Crippen LogP contribution is 2.38. The molecule has 2 N–H and O–H groups in total. The van der Waals surface area contributed by atoms with Gasteiger partial charge >= 0.3 is 6.18 Å². The lowest BCUT2D eigenvalue weighted by Gasteiger charge is -2.22. The first-order valence-electron chi connectivity index (χ1n) is 5.55. The van der Waals surface area contributed by atoms with Crippen molar-refractivity contribution in [2.24, 2.45) is 5.73 Å². The van der Waals surface area contributed by atoms with Gasteiger partial charge < -0.3 is 10.6 Å². The Labute approximate surface area is 102 Å². The Morgan fingerprint density at radius 2 is 2.00 bits per heavy atom. The van der Waals surface area contributed by atoms with Gasteiger partial charge in [0.05, 0.1) is 5.56 Å². The first-order valence-corrected chi connectivity index (χ1v) is 5.55. The Kier molecular flexibility index (Phi) is 2.89. The summed E-state index contributed by atoms with van der Waals surface area (Å²) in [5, 5.41) is 0. The third kappa shape index (κ3) is 1.88. The number of nitrogens with two attached hydrogens (primary N) is 1. The van der Waals surface area contributed by atoms with Crippen molar-refractivity contribution in [3.63, 3.8) is 0 Å². The standard InChI is InChI=1S/C11H14F3N3O/c1-6(15)9-7(11(12,13)14)5-8(18)17-4-3-16(2)10(9)17/h5-6H,3-4,15H2,1-2H3. The van der Waals surface area contributed by atoms with Crippen LogP contribution in [0.15, 0.2) is 10.9 Å². The first-order chi connectivity index (χ1) is 8.23. The van der Waals surface area contributed by atoms with Crippen LogP contribution in [0.5, 0.6) is 0 Å². The van der Waals surface area contributed by atoms with Crippen molar-refractivity contribution in [3.05, 3.63) is 27.5 Å². The van der Waals surface area contributed by atoms with E-state index in [1.165, 1.54) is 11.5 Å². The van der Waals surface area contributed by atoms with Gasteiger partial charge in [-0.3, -0.25) is 9.36 Å². The molecule has 0 radical (unpaired) electrons. The van der Waals surface area contributed by atoms with Gasteiger partial charge in [-0.05, 0) is 6.92 Å². The fraction of sp³-hybridized carbons (Fsp3) is 0.545. The van der Waals surface area contributed by atoms with Gasteiger partial charge in [-0.1, -0.05) is 0 Å². The number of rotatable bonds is 1. The number of alkyl halides is 3. The van der Waals surface area contributed by atoms with Crippen LogP contribution >= 0.6 is 0 Å². The highest BCUT2D eigenvalue weighted by Gasteiger charge is 2.38. The van der Waals surface area contributed by atoms with Crippen molar-refractivity contribution in [1.82, 2.24) is 4.57 Å². The number of nitrogens with zero attached hydrogens (tertiary/aromatic N) is 2. The van der Waals surface area contributed by atoms with Crippen LogP contribution in [0, 0.1) is 0 Å². The predicted molar refractivity (Wildman–Crippen MR) is 61.6 cm³/mol. The molecule has 2 rings (SSSR count). The van der Waals surface area contributed by atoms with Crippen LogP contribution in [0.25, 0.3) is 0 Å². The van der Waals surface area contributed by atoms with Gasteiger partial charge in [-0.15, -0.1) is 0 Å². The fourth-order valence-corrected chi connectivity index (χ4v) is 2.32. The molecular weight excluding hydrogens is 247 g/mol. The molecule has 0 fully saturated rings. The average Bonchev–Trinajstić information content (AvgIpc) is 2.59. The zero-order valence-electron chi connectivity index (χ0n) is 10.1. The molecule has 1 aliphatic heterocycles. The van der Waals surface area contributed by atoms with E-state index in [-0.39, 0.29) is 11.4 Å². The molecule has 0 amide bonds. The molecule has 0 bridgehead atoms. The highest BCUT2D eigenvalue weighted by molar-refractivity contribution is 5.55. The summed E-state index contributed by atoms with van der Waals surface area (Å²) in [6.07, 6.45) is -4.57. The molecule has 1 aromatic rings. The highest BCUT2D eigenvalue weighted by atomic mass is 19.4. The minimum Gasteiger partial charge on any atom is -0.359 e. The number of aromatic nitrogens is 1. The largest absolute Gasteiger partial charge is 0.417 e. The number of halogens is 3. The quantitative estimate of drug-likeness (QED) is 0.830. The molecule has 0 saturated heterocycles. The maximum atomic E-state index is 13.0. The van der Waals surface area contributed by atoms with Gasteiger partial charge in [-0.2, -0.15) is 13.2 Å². The molecule has 1 aromatic heterocycles. The van der Waals surface area contributed by atoms with E-state index in [0.717, 1.165) is 0 Å². The second-order valence-corrected chi connectivity index (χ2v) is 4.49. The smallest absolute Gasteiger partial charge is 0.359 e. The summed E-state index contributed by atoms with van der Waals surface area (Å²) in [7, 11) is 1.66. The van der Waals surface area contributed by atoms with Crippen LogP contribution in [0.3, 0.4) is 0 Å². The fourth-order valence-electron chi connectivity index (χ4n) is 2.32. The van der Waals surface area contributed by atoms with Crippen LogP contribution in [0.2, 0.25) is 0 Å². The van der Waals surface area contributed by atoms with Crippen molar-refractivity contribution in [1.29, 1.82) is 0 Å². The lowest BCUT2D eigenvalue weighted by Crippen LogP contribution is -2.27. The third-order valence-corrected chi connectivity index (χ3v) is 3.10. The van der Waals surface area contributed by atoms with E-state index in [4.69, 9.17) is 5.73 Å². The van der Waals surface area contributed by atoms with Crippen LogP contribution in [0.1, 0.15) is 24.1 Å². The molecule has 4 nitrogen and oxygen atoms in total. The van der Waals surface area contributed by atoms with Crippen molar-refractivity contribution in [2.75, 3.05) is 18.5 Å². The molecule has 0 saturated carbocycles. The van der Waals surface area contributed by atoms with Crippen LogP contribution in [-0.2, 0) is 12.7 Å². The summed E-state index contributed by atoms with van der Waals surface area (Å²) in [6.45, 7) is 2.39. The van der Waals surface area contributed by atoms with Crippen molar-refractivity contribution in [3.8, 4) is 0 Å². The second kappa shape index (κ2) is 4.01.